The van der Waals surface area contributed by atoms with E-state index in [0.29, 0.717) is 27.7 Å². The average molecular weight is 410 g/mol. The van der Waals surface area contributed by atoms with Crippen LogP contribution in [0.2, 0.25) is 0 Å². The fraction of sp³-hybridized carbons (Fsp3) is 0.286. The van der Waals surface area contributed by atoms with Crippen molar-refractivity contribution in [3.8, 4) is 17.0 Å². The van der Waals surface area contributed by atoms with E-state index in [4.69, 9.17) is 0 Å². The fourth-order valence-corrected chi connectivity index (χ4v) is 3.71. The van der Waals surface area contributed by atoms with Crippen LogP contribution in [0.1, 0.15) is 48.0 Å². The Labute approximate surface area is 172 Å². The second-order valence-electron chi connectivity index (χ2n) is 7.41. The van der Waals surface area contributed by atoms with Crippen LogP contribution in [0.15, 0.2) is 41.8 Å². The SMILES string of the molecule is CC(C)NC(=O)n1nc(-c2ccc(NC(=O)c3cccs3)cc2O)cc1C1CC1. The highest BCUT2D eigenvalue weighted by atomic mass is 32.1. The number of amides is 2. The number of thiophene rings is 1. The van der Waals surface area contributed by atoms with E-state index in [1.807, 2.05) is 31.4 Å². The molecule has 1 aromatic carbocycles. The zero-order valence-electron chi connectivity index (χ0n) is 16.2. The number of hydrogen-bond acceptors (Lipinski definition) is 5. The largest absolute Gasteiger partial charge is 0.507 e. The van der Waals surface area contributed by atoms with E-state index in [0.717, 1.165) is 18.5 Å². The van der Waals surface area contributed by atoms with E-state index in [2.05, 4.69) is 15.7 Å². The molecule has 0 spiro atoms. The molecule has 0 atom stereocenters. The quantitative estimate of drug-likeness (QED) is 0.580. The standard InChI is InChI=1S/C21H22N4O3S/c1-12(2)22-21(28)25-17(13-5-6-13)11-16(24-25)15-8-7-14(10-18(15)26)23-20(27)19-4-3-9-29-19/h3-4,7-13,26H,5-6H2,1-2H3,(H,22,28)(H,23,27). The molecule has 3 N–H and O–H groups in total. The van der Waals surface area contributed by atoms with Crippen LogP contribution in [0.4, 0.5) is 10.5 Å². The van der Waals surface area contributed by atoms with Crippen molar-refractivity contribution in [2.24, 2.45) is 0 Å². The summed E-state index contributed by atoms with van der Waals surface area (Å²) in [6.07, 6.45) is 2.06. The molecule has 1 aliphatic rings. The van der Waals surface area contributed by atoms with E-state index in [-0.39, 0.29) is 23.7 Å². The summed E-state index contributed by atoms with van der Waals surface area (Å²) in [5, 5.41) is 22.4. The summed E-state index contributed by atoms with van der Waals surface area (Å²) < 4.78 is 1.40. The lowest BCUT2D eigenvalue weighted by Gasteiger charge is -2.10. The second-order valence-corrected chi connectivity index (χ2v) is 8.36. The molecular weight excluding hydrogens is 388 g/mol. The number of anilines is 1. The fourth-order valence-electron chi connectivity index (χ4n) is 3.09. The van der Waals surface area contributed by atoms with Crippen LogP contribution in [-0.2, 0) is 0 Å². The summed E-state index contributed by atoms with van der Waals surface area (Å²) in [6, 6.07) is 10.0. The number of carbonyl (C=O) groups is 2. The van der Waals surface area contributed by atoms with Crippen molar-refractivity contribution in [3.05, 3.63) is 52.3 Å². The molecule has 1 saturated carbocycles. The zero-order chi connectivity index (χ0) is 20.5. The van der Waals surface area contributed by atoms with Crippen LogP contribution in [-0.4, -0.2) is 32.9 Å². The Morgan fingerprint density at radius 2 is 2.03 bits per heavy atom. The average Bonchev–Trinajstić information content (AvgIpc) is 3.18. The summed E-state index contributed by atoms with van der Waals surface area (Å²) in [7, 11) is 0. The maximum atomic E-state index is 12.5. The van der Waals surface area contributed by atoms with E-state index < -0.39 is 0 Å². The smallest absolute Gasteiger partial charge is 0.342 e. The molecule has 29 heavy (non-hydrogen) atoms. The maximum Gasteiger partial charge on any atom is 0.342 e. The van der Waals surface area contributed by atoms with E-state index >= 15 is 0 Å². The van der Waals surface area contributed by atoms with Crippen LogP contribution in [0.3, 0.4) is 0 Å². The highest BCUT2D eigenvalue weighted by Crippen LogP contribution is 2.42. The molecule has 8 heteroatoms. The Balaban J connectivity index is 1.60. The van der Waals surface area contributed by atoms with Crippen LogP contribution in [0.5, 0.6) is 5.75 Å². The van der Waals surface area contributed by atoms with Crippen molar-refractivity contribution in [1.29, 1.82) is 0 Å². The molecule has 0 bridgehead atoms. The molecule has 0 radical (unpaired) electrons. The zero-order valence-corrected chi connectivity index (χ0v) is 17.0. The Kier molecular flexibility index (Phi) is 5.10. The molecule has 7 nitrogen and oxygen atoms in total. The van der Waals surface area contributed by atoms with Gasteiger partial charge in [-0.3, -0.25) is 4.79 Å². The third kappa shape index (κ3) is 4.17. The van der Waals surface area contributed by atoms with Crippen LogP contribution in [0, 0.1) is 0 Å². The first-order chi connectivity index (χ1) is 13.9. The first kappa shape index (κ1) is 19.2. The molecule has 2 heterocycles. The summed E-state index contributed by atoms with van der Waals surface area (Å²) >= 11 is 1.35. The topological polar surface area (TPSA) is 96.3 Å². The minimum absolute atomic E-state index is 0.00171. The van der Waals surface area contributed by atoms with Gasteiger partial charge in [0.05, 0.1) is 16.3 Å². The Morgan fingerprint density at radius 3 is 2.66 bits per heavy atom. The van der Waals surface area contributed by atoms with Gasteiger partial charge in [0.2, 0.25) is 0 Å². The van der Waals surface area contributed by atoms with Crippen molar-refractivity contribution in [1.82, 2.24) is 15.1 Å². The normalized spacial score (nSPS) is 13.5. The van der Waals surface area contributed by atoms with Crippen molar-refractivity contribution >= 4 is 29.0 Å². The van der Waals surface area contributed by atoms with E-state index in [1.165, 1.54) is 22.1 Å². The first-order valence-electron chi connectivity index (χ1n) is 9.51. The van der Waals surface area contributed by atoms with Crippen LogP contribution >= 0.6 is 11.3 Å². The number of phenols is 1. The predicted octanol–water partition coefficient (Wildman–Crippen LogP) is 4.41. The molecular formula is C21H22N4O3S. The first-order valence-corrected chi connectivity index (χ1v) is 10.4. The molecule has 0 saturated heterocycles. The molecule has 0 aliphatic heterocycles. The second kappa shape index (κ2) is 7.71. The lowest BCUT2D eigenvalue weighted by molar-refractivity contribution is 0.103. The number of rotatable bonds is 5. The predicted molar refractivity (Wildman–Crippen MR) is 113 cm³/mol. The Bertz CT molecular complexity index is 1050. The van der Waals surface area contributed by atoms with Gasteiger partial charge >= 0.3 is 6.03 Å². The lowest BCUT2D eigenvalue weighted by atomic mass is 10.1. The van der Waals surface area contributed by atoms with Gasteiger partial charge in [0.15, 0.2) is 0 Å². The van der Waals surface area contributed by atoms with Gasteiger partial charge in [-0.1, -0.05) is 6.07 Å². The highest BCUT2D eigenvalue weighted by molar-refractivity contribution is 7.12. The minimum Gasteiger partial charge on any atom is -0.507 e. The van der Waals surface area contributed by atoms with Crippen molar-refractivity contribution in [3.63, 3.8) is 0 Å². The number of benzene rings is 1. The number of nitrogens with zero attached hydrogens (tertiary/aromatic N) is 2. The number of aromatic hydroxyl groups is 1. The summed E-state index contributed by atoms with van der Waals surface area (Å²) in [6.45, 7) is 3.79. The third-order valence-corrected chi connectivity index (χ3v) is 5.48. The summed E-state index contributed by atoms with van der Waals surface area (Å²) in [5.41, 5.74) is 2.38. The van der Waals surface area contributed by atoms with Gasteiger partial charge in [0, 0.05) is 29.3 Å². The van der Waals surface area contributed by atoms with Gasteiger partial charge in [-0.2, -0.15) is 9.78 Å². The van der Waals surface area contributed by atoms with Crippen molar-refractivity contribution in [2.75, 3.05) is 5.32 Å². The molecule has 2 aromatic heterocycles. The molecule has 2 amide bonds. The molecule has 3 aromatic rings. The molecule has 0 unspecified atom stereocenters. The third-order valence-electron chi connectivity index (χ3n) is 4.61. The monoisotopic (exact) mass is 410 g/mol. The number of phenolic OH excluding ortho intramolecular Hbond substituents is 1. The molecule has 1 fully saturated rings. The van der Waals surface area contributed by atoms with Crippen molar-refractivity contribution < 1.29 is 14.7 Å². The Morgan fingerprint density at radius 1 is 1.24 bits per heavy atom. The molecule has 4 rings (SSSR count). The highest BCUT2D eigenvalue weighted by Gasteiger charge is 2.31. The summed E-state index contributed by atoms with van der Waals surface area (Å²) in [4.78, 5) is 25.3. The van der Waals surface area contributed by atoms with Gasteiger partial charge in [0.25, 0.3) is 5.91 Å². The van der Waals surface area contributed by atoms with E-state index in [9.17, 15) is 14.7 Å². The van der Waals surface area contributed by atoms with Crippen LogP contribution in [0.25, 0.3) is 11.3 Å². The van der Waals surface area contributed by atoms with Gasteiger partial charge in [-0.25, -0.2) is 4.79 Å². The number of aromatic nitrogens is 2. The van der Waals surface area contributed by atoms with Crippen LogP contribution < -0.4 is 10.6 Å². The number of nitrogens with one attached hydrogen (secondary N) is 2. The molecule has 150 valence electrons. The maximum absolute atomic E-state index is 12.5. The Hall–Kier alpha value is -3.13. The lowest BCUT2D eigenvalue weighted by Crippen LogP contribution is -2.35. The molecule has 1 aliphatic carbocycles. The van der Waals surface area contributed by atoms with E-state index in [1.54, 1.807) is 18.2 Å². The van der Waals surface area contributed by atoms with Gasteiger partial charge in [-0.15, -0.1) is 11.3 Å². The van der Waals surface area contributed by atoms with Gasteiger partial charge in [0.1, 0.15) is 5.75 Å². The number of hydrogen-bond donors (Lipinski definition) is 3. The minimum atomic E-state index is -0.271. The number of carbonyl (C=O) groups excluding carboxylic acids is 2. The van der Waals surface area contributed by atoms with Gasteiger partial charge < -0.3 is 15.7 Å². The van der Waals surface area contributed by atoms with Crippen molar-refractivity contribution in [2.45, 2.75) is 38.6 Å². The summed E-state index contributed by atoms with van der Waals surface area (Å²) in [5.74, 6) is 0.0868. The van der Waals surface area contributed by atoms with Gasteiger partial charge in [-0.05, 0) is 56.3 Å².